The molecule has 1 aromatic heterocycles. The summed E-state index contributed by atoms with van der Waals surface area (Å²) in [4.78, 5) is 16.2. The molecular formula is C15H12BrN3O. The zero-order valence-electron chi connectivity index (χ0n) is 10.7. The molecule has 0 unspecified atom stereocenters. The van der Waals surface area contributed by atoms with Crippen LogP contribution in [0, 0.1) is 0 Å². The van der Waals surface area contributed by atoms with Gasteiger partial charge in [0.1, 0.15) is 0 Å². The first-order chi connectivity index (χ1) is 9.74. The van der Waals surface area contributed by atoms with E-state index in [1.807, 2.05) is 24.3 Å². The second-order valence-electron chi connectivity index (χ2n) is 4.48. The van der Waals surface area contributed by atoms with Crippen LogP contribution in [-0.2, 0) is 0 Å². The van der Waals surface area contributed by atoms with Gasteiger partial charge in [-0.2, -0.15) is 5.10 Å². The van der Waals surface area contributed by atoms with Crippen molar-refractivity contribution in [3.8, 4) is 0 Å². The van der Waals surface area contributed by atoms with Crippen molar-refractivity contribution in [2.45, 2.75) is 6.42 Å². The maximum Gasteiger partial charge on any atom is 0.275 e. The zero-order valence-corrected chi connectivity index (χ0v) is 12.2. The SMILES string of the molecule is O=C(c1cccnc1)N1CCC(c2cccc(Br)c2)=N1. The number of benzene rings is 1. The van der Waals surface area contributed by atoms with Gasteiger partial charge in [0.25, 0.3) is 5.91 Å². The maximum atomic E-state index is 12.3. The molecule has 1 aromatic carbocycles. The van der Waals surface area contributed by atoms with Crippen LogP contribution in [-0.4, -0.2) is 28.2 Å². The predicted molar refractivity (Wildman–Crippen MR) is 80.6 cm³/mol. The number of carbonyl (C=O) groups is 1. The zero-order chi connectivity index (χ0) is 13.9. The summed E-state index contributed by atoms with van der Waals surface area (Å²) in [5.74, 6) is -0.108. The summed E-state index contributed by atoms with van der Waals surface area (Å²) in [6, 6.07) is 11.5. The van der Waals surface area contributed by atoms with Crippen molar-refractivity contribution in [2.75, 3.05) is 6.54 Å². The fraction of sp³-hybridized carbons (Fsp3) is 0.133. The van der Waals surface area contributed by atoms with E-state index < -0.39 is 0 Å². The number of halogens is 1. The fourth-order valence-corrected chi connectivity index (χ4v) is 2.51. The van der Waals surface area contributed by atoms with Gasteiger partial charge in [-0.15, -0.1) is 0 Å². The fourth-order valence-electron chi connectivity index (χ4n) is 2.11. The summed E-state index contributed by atoms with van der Waals surface area (Å²) < 4.78 is 1.01. The van der Waals surface area contributed by atoms with E-state index in [0.717, 1.165) is 22.2 Å². The number of hydrogen-bond acceptors (Lipinski definition) is 3. The van der Waals surface area contributed by atoms with Gasteiger partial charge in [0.05, 0.1) is 17.8 Å². The molecule has 0 atom stereocenters. The van der Waals surface area contributed by atoms with Gasteiger partial charge >= 0.3 is 0 Å². The third-order valence-electron chi connectivity index (χ3n) is 3.10. The molecule has 0 saturated heterocycles. The minimum Gasteiger partial charge on any atom is -0.267 e. The van der Waals surface area contributed by atoms with Crippen LogP contribution in [0.2, 0.25) is 0 Å². The van der Waals surface area contributed by atoms with Crippen LogP contribution < -0.4 is 0 Å². The molecule has 3 rings (SSSR count). The van der Waals surface area contributed by atoms with Gasteiger partial charge < -0.3 is 0 Å². The molecule has 20 heavy (non-hydrogen) atoms. The van der Waals surface area contributed by atoms with E-state index in [9.17, 15) is 4.79 Å². The number of hydrogen-bond donors (Lipinski definition) is 0. The van der Waals surface area contributed by atoms with Crippen LogP contribution in [0.25, 0.3) is 0 Å². The number of amides is 1. The average Bonchev–Trinajstić information content (AvgIpc) is 2.97. The maximum absolute atomic E-state index is 12.3. The standard InChI is InChI=1S/C15H12BrN3O/c16-13-5-1-3-11(9-13)14-6-8-19(18-14)15(20)12-4-2-7-17-10-12/h1-5,7,9-10H,6,8H2. The average molecular weight is 330 g/mol. The first-order valence-electron chi connectivity index (χ1n) is 6.29. The second kappa shape index (κ2) is 5.54. The molecule has 0 N–H and O–H groups in total. The molecule has 2 aromatic rings. The van der Waals surface area contributed by atoms with Gasteiger partial charge in [0, 0.05) is 23.3 Å². The molecule has 1 aliphatic rings. The van der Waals surface area contributed by atoms with Crippen molar-refractivity contribution in [3.63, 3.8) is 0 Å². The molecular weight excluding hydrogens is 318 g/mol. The van der Waals surface area contributed by atoms with Crippen molar-refractivity contribution in [1.29, 1.82) is 0 Å². The van der Waals surface area contributed by atoms with E-state index in [-0.39, 0.29) is 5.91 Å². The smallest absolute Gasteiger partial charge is 0.267 e. The first-order valence-corrected chi connectivity index (χ1v) is 7.08. The Hall–Kier alpha value is -2.01. The third-order valence-corrected chi connectivity index (χ3v) is 3.60. The van der Waals surface area contributed by atoms with Gasteiger partial charge in [-0.3, -0.25) is 9.78 Å². The summed E-state index contributed by atoms with van der Waals surface area (Å²) in [6.45, 7) is 0.607. The van der Waals surface area contributed by atoms with E-state index in [2.05, 4.69) is 26.0 Å². The lowest BCUT2D eigenvalue weighted by molar-refractivity contribution is 0.0778. The quantitative estimate of drug-likeness (QED) is 0.849. The van der Waals surface area contributed by atoms with E-state index in [0.29, 0.717) is 12.1 Å². The summed E-state index contributed by atoms with van der Waals surface area (Å²) in [5.41, 5.74) is 2.54. The van der Waals surface area contributed by atoms with Crippen molar-refractivity contribution in [1.82, 2.24) is 9.99 Å². The highest BCUT2D eigenvalue weighted by Gasteiger charge is 2.22. The minimum atomic E-state index is -0.108. The molecule has 1 amide bonds. The lowest BCUT2D eigenvalue weighted by Crippen LogP contribution is -2.23. The molecule has 1 aliphatic heterocycles. The Balaban J connectivity index is 1.83. The van der Waals surface area contributed by atoms with E-state index >= 15 is 0 Å². The summed E-state index contributed by atoms with van der Waals surface area (Å²) in [5, 5.41) is 5.93. The van der Waals surface area contributed by atoms with Gasteiger partial charge in [-0.05, 0) is 29.8 Å². The monoisotopic (exact) mass is 329 g/mol. The van der Waals surface area contributed by atoms with Crippen LogP contribution in [0.4, 0.5) is 0 Å². The van der Waals surface area contributed by atoms with E-state index in [1.165, 1.54) is 5.01 Å². The molecule has 0 aliphatic carbocycles. The molecule has 2 heterocycles. The van der Waals surface area contributed by atoms with E-state index in [1.54, 1.807) is 24.5 Å². The Morgan fingerprint density at radius 2 is 2.15 bits per heavy atom. The molecule has 0 spiro atoms. The second-order valence-corrected chi connectivity index (χ2v) is 5.39. The van der Waals surface area contributed by atoms with Crippen molar-refractivity contribution in [2.24, 2.45) is 5.10 Å². The number of rotatable bonds is 2. The van der Waals surface area contributed by atoms with Crippen LogP contribution in [0.15, 0.2) is 58.4 Å². The van der Waals surface area contributed by atoms with Gasteiger partial charge in [0.15, 0.2) is 0 Å². The molecule has 0 radical (unpaired) electrons. The van der Waals surface area contributed by atoms with Crippen LogP contribution in [0.5, 0.6) is 0 Å². The molecule has 5 heteroatoms. The predicted octanol–water partition coefficient (Wildman–Crippen LogP) is 3.09. The van der Waals surface area contributed by atoms with Crippen LogP contribution in [0.3, 0.4) is 0 Å². The lowest BCUT2D eigenvalue weighted by atomic mass is 10.1. The van der Waals surface area contributed by atoms with Crippen LogP contribution in [0.1, 0.15) is 22.3 Å². The number of carbonyl (C=O) groups excluding carboxylic acids is 1. The van der Waals surface area contributed by atoms with Crippen molar-refractivity contribution >= 4 is 27.5 Å². The van der Waals surface area contributed by atoms with Crippen LogP contribution >= 0.6 is 15.9 Å². The molecule has 0 saturated carbocycles. The highest BCUT2D eigenvalue weighted by atomic mass is 79.9. The largest absolute Gasteiger partial charge is 0.275 e. The Kier molecular flexibility index (Phi) is 3.60. The summed E-state index contributed by atoms with van der Waals surface area (Å²) in [7, 11) is 0. The van der Waals surface area contributed by atoms with Crippen molar-refractivity contribution in [3.05, 3.63) is 64.4 Å². The van der Waals surface area contributed by atoms with E-state index in [4.69, 9.17) is 0 Å². The molecule has 100 valence electrons. The van der Waals surface area contributed by atoms with Gasteiger partial charge in [0.2, 0.25) is 0 Å². The van der Waals surface area contributed by atoms with Gasteiger partial charge in [-0.1, -0.05) is 28.1 Å². The topological polar surface area (TPSA) is 45.6 Å². The lowest BCUT2D eigenvalue weighted by Gasteiger charge is -2.10. The first kappa shape index (κ1) is 13.0. The summed E-state index contributed by atoms with van der Waals surface area (Å²) >= 11 is 3.45. The van der Waals surface area contributed by atoms with Gasteiger partial charge in [-0.25, -0.2) is 5.01 Å². The molecule has 0 bridgehead atoms. The minimum absolute atomic E-state index is 0.108. The highest BCUT2D eigenvalue weighted by molar-refractivity contribution is 9.10. The summed E-state index contributed by atoms with van der Waals surface area (Å²) in [6.07, 6.45) is 3.98. The normalized spacial score (nSPS) is 14.2. The molecule has 0 fully saturated rings. The Morgan fingerprint density at radius 3 is 2.90 bits per heavy atom. The Bertz CT molecular complexity index is 670. The van der Waals surface area contributed by atoms with Crippen molar-refractivity contribution < 1.29 is 4.79 Å². The highest BCUT2D eigenvalue weighted by Crippen LogP contribution is 2.19. The Labute approximate surface area is 125 Å². The number of pyridine rings is 1. The molecule has 4 nitrogen and oxygen atoms in total. The third kappa shape index (κ3) is 2.63. The number of hydrazone groups is 1. The number of nitrogens with zero attached hydrogens (tertiary/aromatic N) is 3. The Morgan fingerprint density at radius 1 is 1.25 bits per heavy atom. The number of aromatic nitrogens is 1.